The Hall–Kier alpha value is -1.33. The summed E-state index contributed by atoms with van der Waals surface area (Å²) in [4.78, 5) is 8.72. The average molecular weight is 221 g/mol. The molecule has 1 N–H and O–H groups in total. The molecule has 0 saturated heterocycles. The molecule has 0 atom stereocenters. The van der Waals surface area contributed by atoms with Gasteiger partial charge in [0.15, 0.2) is 5.01 Å². The lowest BCUT2D eigenvalue weighted by atomic mass is 10.4. The Morgan fingerprint density at radius 2 is 2.36 bits per heavy atom. The molecule has 3 nitrogen and oxygen atoms in total. The van der Waals surface area contributed by atoms with Gasteiger partial charge in [0.05, 0.1) is 11.9 Å². The van der Waals surface area contributed by atoms with E-state index < -0.39 is 0 Å². The average Bonchev–Trinajstić information content (AvgIpc) is 2.72. The molecule has 0 aliphatic heterocycles. The molecular weight excluding hydrogens is 214 g/mol. The van der Waals surface area contributed by atoms with Gasteiger partial charge in [-0.05, 0) is 12.1 Å². The first-order valence-corrected chi connectivity index (χ1v) is 5.26. The molecule has 2 aromatic heterocycles. The summed E-state index contributed by atoms with van der Waals surface area (Å²) in [6.07, 6.45) is 5.18. The molecule has 0 bridgehead atoms. The normalized spacial score (nSPS) is 9.71. The maximum Gasteiger partial charge on any atom is 0.150 e. The number of anilines is 1. The molecular formula is C9H7N3S2. The molecule has 0 aliphatic carbocycles. The lowest BCUT2D eigenvalue weighted by Crippen LogP contribution is -2.09. The Morgan fingerprint density at radius 3 is 3.00 bits per heavy atom. The molecule has 0 aromatic carbocycles. The second-order valence-electron chi connectivity index (χ2n) is 2.53. The Bertz CT molecular complexity index is 411. The highest BCUT2D eigenvalue weighted by atomic mass is 32.1. The van der Waals surface area contributed by atoms with E-state index in [4.69, 9.17) is 12.2 Å². The first kappa shape index (κ1) is 9.23. The number of nitrogens with zero attached hydrogens (tertiary/aromatic N) is 2. The maximum atomic E-state index is 5.17. The minimum atomic E-state index is 0.632. The van der Waals surface area contributed by atoms with Crippen molar-refractivity contribution in [3.8, 4) is 0 Å². The van der Waals surface area contributed by atoms with Crippen molar-refractivity contribution in [3.63, 3.8) is 0 Å². The Labute approximate surface area is 90.8 Å². The third kappa shape index (κ3) is 2.12. The fourth-order valence-corrected chi connectivity index (χ4v) is 1.80. The summed E-state index contributed by atoms with van der Waals surface area (Å²) in [6.45, 7) is 0. The van der Waals surface area contributed by atoms with E-state index in [1.165, 1.54) is 11.3 Å². The number of nitrogens with one attached hydrogen (secondary N) is 1. The van der Waals surface area contributed by atoms with Gasteiger partial charge in [0, 0.05) is 17.8 Å². The van der Waals surface area contributed by atoms with Crippen LogP contribution < -0.4 is 5.32 Å². The topological polar surface area (TPSA) is 37.8 Å². The van der Waals surface area contributed by atoms with Crippen LogP contribution >= 0.6 is 23.6 Å². The van der Waals surface area contributed by atoms with Gasteiger partial charge < -0.3 is 5.32 Å². The molecule has 2 rings (SSSR count). The molecule has 0 amide bonds. The van der Waals surface area contributed by atoms with Gasteiger partial charge in [0.25, 0.3) is 0 Å². The zero-order valence-corrected chi connectivity index (χ0v) is 8.81. The van der Waals surface area contributed by atoms with E-state index in [0.29, 0.717) is 4.99 Å². The van der Waals surface area contributed by atoms with Crippen LogP contribution in [0.4, 0.5) is 5.69 Å². The first-order valence-electron chi connectivity index (χ1n) is 3.97. The van der Waals surface area contributed by atoms with Crippen LogP contribution in [-0.2, 0) is 0 Å². The molecule has 0 spiro atoms. The van der Waals surface area contributed by atoms with Crippen molar-refractivity contribution in [2.24, 2.45) is 0 Å². The fourth-order valence-electron chi connectivity index (χ4n) is 0.957. The van der Waals surface area contributed by atoms with Crippen LogP contribution in [-0.4, -0.2) is 15.0 Å². The number of aromatic nitrogens is 2. The van der Waals surface area contributed by atoms with Gasteiger partial charge in [0.2, 0.25) is 0 Å². The summed E-state index contributed by atoms with van der Waals surface area (Å²) in [7, 11) is 0. The lowest BCUT2D eigenvalue weighted by molar-refractivity contribution is 1.33. The summed E-state index contributed by atoms with van der Waals surface area (Å²) in [5, 5.41) is 5.78. The van der Waals surface area contributed by atoms with Crippen LogP contribution in [0.25, 0.3) is 0 Å². The van der Waals surface area contributed by atoms with E-state index in [-0.39, 0.29) is 0 Å². The SMILES string of the molecule is S=C(Nc1cccnc1)c1nccs1. The lowest BCUT2D eigenvalue weighted by Gasteiger charge is -2.03. The third-order valence-corrected chi connectivity index (χ3v) is 2.76. The highest BCUT2D eigenvalue weighted by molar-refractivity contribution is 7.81. The molecule has 0 unspecified atom stereocenters. The minimum Gasteiger partial charge on any atom is -0.343 e. The van der Waals surface area contributed by atoms with Crippen LogP contribution in [0.15, 0.2) is 36.1 Å². The number of hydrogen-bond acceptors (Lipinski definition) is 4. The molecule has 70 valence electrons. The Balaban J connectivity index is 2.10. The Morgan fingerprint density at radius 1 is 1.43 bits per heavy atom. The minimum absolute atomic E-state index is 0.632. The van der Waals surface area contributed by atoms with Crippen LogP contribution in [0.2, 0.25) is 0 Å². The van der Waals surface area contributed by atoms with Gasteiger partial charge in [-0.25, -0.2) is 4.98 Å². The van der Waals surface area contributed by atoms with Crippen LogP contribution in [0.3, 0.4) is 0 Å². The quantitative estimate of drug-likeness (QED) is 0.790. The van der Waals surface area contributed by atoms with Crippen LogP contribution in [0, 0.1) is 0 Å². The van der Waals surface area contributed by atoms with Crippen molar-refractivity contribution in [2.45, 2.75) is 0 Å². The number of rotatable bonds is 2. The molecule has 14 heavy (non-hydrogen) atoms. The van der Waals surface area contributed by atoms with Crippen molar-refractivity contribution in [3.05, 3.63) is 41.1 Å². The van der Waals surface area contributed by atoms with Gasteiger partial charge in [0.1, 0.15) is 4.99 Å². The summed E-state index contributed by atoms with van der Waals surface area (Å²) >= 11 is 6.68. The van der Waals surface area contributed by atoms with Crippen molar-refractivity contribution >= 4 is 34.2 Å². The summed E-state index contributed by atoms with van der Waals surface area (Å²) in [6, 6.07) is 3.76. The number of pyridine rings is 1. The van der Waals surface area contributed by atoms with Crippen LogP contribution in [0.1, 0.15) is 5.01 Å². The third-order valence-electron chi connectivity index (χ3n) is 1.55. The van der Waals surface area contributed by atoms with Gasteiger partial charge >= 0.3 is 0 Å². The number of hydrogen-bond donors (Lipinski definition) is 1. The van der Waals surface area contributed by atoms with Crippen molar-refractivity contribution in [1.29, 1.82) is 0 Å². The largest absolute Gasteiger partial charge is 0.343 e. The predicted octanol–water partition coefficient (Wildman–Crippen LogP) is 2.33. The second kappa shape index (κ2) is 4.26. The highest BCUT2D eigenvalue weighted by Crippen LogP contribution is 2.09. The number of thiocarbonyl (C=S) groups is 1. The summed E-state index contributed by atoms with van der Waals surface area (Å²) in [5.41, 5.74) is 0.882. The molecule has 5 heteroatoms. The molecule has 0 aliphatic rings. The Kier molecular flexibility index (Phi) is 2.81. The smallest absolute Gasteiger partial charge is 0.150 e. The molecule has 0 saturated carbocycles. The van der Waals surface area contributed by atoms with E-state index in [9.17, 15) is 0 Å². The monoisotopic (exact) mass is 221 g/mol. The first-order chi connectivity index (χ1) is 6.86. The molecule has 0 radical (unpaired) electrons. The van der Waals surface area contributed by atoms with Crippen molar-refractivity contribution in [2.75, 3.05) is 5.32 Å². The highest BCUT2D eigenvalue weighted by Gasteiger charge is 2.03. The number of thiazole rings is 1. The summed E-state index contributed by atoms with van der Waals surface area (Å²) < 4.78 is 0. The van der Waals surface area contributed by atoms with Crippen LogP contribution in [0.5, 0.6) is 0 Å². The van der Waals surface area contributed by atoms with E-state index in [1.807, 2.05) is 17.5 Å². The predicted molar refractivity (Wildman–Crippen MR) is 61.7 cm³/mol. The van der Waals surface area contributed by atoms with Gasteiger partial charge in [-0.3, -0.25) is 4.98 Å². The van der Waals surface area contributed by atoms with Gasteiger partial charge in [-0.1, -0.05) is 12.2 Å². The maximum absolute atomic E-state index is 5.17. The molecule has 0 fully saturated rings. The standard InChI is InChI=1S/C9H7N3S2/c13-8(9-11-4-5-14-9)12-7-2-1-3-10-6-7/h1-6H,(H,12,13). The second-order valence-corrected chi connectivity index (χ2v) is 3.84. The zero-order valence-electron chi connectivity index (χ0n) is 7.18. The molecule has 2 heterocycles. The molecule has 2 aromatic rings. The van der Waals surface area contributed by atoms with Crippen molar-refractivity contribution in [1.82, 2.24) is 9.97 Å². The van der Waals surface area contributed by atoms with E-state index in [1.54, 1.807) is 18.6 Å². The summed E-state index contributed by atoms with van der Waals surface area (Å²) in [5.74, 6) is 0. The zero-order chi connectivity index (χ0) is 9.80. The van der Waals surface area contributed by atoms with E-state index in [0.717, 1.165) is 10.7 Å². The van der Waals surface area contributed by atoms with Crippen molar-refractivity contribution < 1.29 is 0 Å². The fraction of sp³-hybridized carbons (Fsp3) is 0. The van der Waals surface area contributed by atoms with Gasteiger partial charge in [-0.15, -0.1) is 11.3 Å². The van der Waals surface area contributed by atoms with E-state index >= 15 is 0 Å². The van der Waals surface area contributed by atoms with Gasteiger partial charge in [-0.2, -0.15) is 0 Å². The van der Waals surface area contributed by atoms with E-state index in [2.05, 4.69) is 15.3 Å².